The summed E-state index contributed by atoms with van der Waals surface area (Å²) in [5.41, 5.74) is 0.784. The lowest BCUT2D eigenvalue weighted by Crippen LogP contribution is -2.41. The number of methoxy groups -OCH3 is 1. The number of pyridine rings is 1. The van der Waals surface area contributed by atoms with Crippen LogP contribution in [0.4, 0.5) is 0 Å². The van der Waals surface area contributed by atoms with Crippen molar-refractivity contribution in [3.8, 4) is 0 Å². The summed E-state index contributed by atoms with van der Waals surface area (Å²) in [7, 11) is 1.32. The summed E-state index contributed by atoms with van der Waals surface area (Å²) < 4.78 is 5.70. The number of ether oxygens (including phenoxy) is 1. The van der Waals surface area contributed by atoms with Crippen molar-refractivity contribution < 1.29 is 14.3 Å². The molecule has 0 unspecified atom stereocenters. The molecule has 5 nitrogen and oxygen atoms in total. The summed E-state index contributed by atoms with van der Waals surface area (Å²) in [5.74, 6) is -0.0196. The fourth-order valence-electron chi connectivity index (χ4n) is 2.64. The number of aromatic nitrogens is 1. The van der Waals surface area contributed by atoms with Crippen molar-refractivity contribution in [1.82, 2.24) is 10.3 Å². The van der Waals surface area contributed by atoms with Crippen molar-refractivity contribution in [3.05, 3.63) is 40.4 Å². The molecule has 1 atom stereocenters. The quantitative estimate of drug-likeness (QED) is 0.490. The van der Waals surface area contributed by atoms with Crippen LogP contribution in [0.15, 0.2) is 30.3 Å². The van der Waals surface area contributed by atoms with E-state index in [1.54, 1.807) is 17.8 Å². The van der Waals surface area contributed by atoms with E-state index >= 15 is 0 Å². The minimum absolute atomic E-state index is 0.317. The number of hydrogen-bond donors (Lipinski definition) is 1. The molecule has 3 aromatic rings. The molecule has 0 saturated heterocycles. The molecule has 0 spiro atoms. The Hall–Kier alpha value is -1.83. The topological polar surface area (TPSA) is 68.3 Å². The number of para-hydroxylation sites is 1. The van der Waals surface area contributed by atoms with Crippen LogP contribution >= 0.6 is 34.7 Å². The number of fused-ring (bicyclic) bond motifs is 3. The van der Waals surface area contributed by atoms with Gasteiger partial charge in [0.15, 0.2) is 0 Å². The molecule has 8 heteroatoms. The third-order valence-electron chi connectivity index (χ3n) is 3.95. The van der Waals surface area contributed by atoms with Gasteiger partial charge in [-0.15, -0.1) is 11.3 Å². The van der Waals surface area contributed by atoms with Gasteiger partial charge in [-0.05, 0) is 30.6 Å². The molecule has 136 valence electrons. The van der Waals surface area contributed by atoms with Crippen LogP contribution in [0.3, 0.4) is 0 Å². The predicted molar refractivity (Wildman–Crippen MR) is 108 cm³/mol. The first-order valence-corrected chi connectivity index (χ1v) is 10.5. The van der Waals surface area contributed by atoms with Crippen LogP contribution in [0.25, 0.3) is 21.0 Å². The van der Waals surface area contributed by atoms with Crippen molar-refractivity contribution in [2.75, 3.05) is 19.1 Å². The number of amides is 1. The third kappa shape index (κ3) is 3.79. The van der Waals surface area contributed by atoms with Gasteiger partial charge < -0.3 is 10.1 Å². The Morgan fingerprint density at radius 1 is 1.35 bits per heavy atom. The Bertz CT molecular complexity index is 974. The number of nitrogens with one attached hydrogen (secondary N) is 1. The first-order chi connectivity index (χ1) is 12.5. The van der Waals surface area contributed by atoms with Crippen LogP contribution in [-0.4, -0.2) is 42.0 Å². The van der Waals surface area contributed by atoms with E-state index in [4.69, 9.17) is 16.3 Å². The fourth-order valence-corrected chi connectivity index (χ4v) is 4.51. The van der Waals surface area contributed by atoms with Crippen molar-refractivity contribution in [3.63, 3.8) is 0 Å². The maximum absolute atomic E-state index is 12.7. The normalized spacial score (nSPS) is 12.3. The van der Waals surface area contributed by atoms with E-state index in [1.807, 2.05) is 30.5 Å². The maximum Gasteiger partial charge on any atom is 0.328 e. The van der Waals surface area contributed by atoms with Gasteiger partial charge in [0, 0.05) is 15.5 Å². The largest absolute Gasteiger partial charge is 0.467 e. The van der Waals surface area contributed by atoms with E-state index in [-0.39, 0.29) is 5.91 Å². The Morgan fingerprint density at radius 3 is 2.85 bits per heavy atom. The summed E-state index contributed by atoms with van der Waals surface area (Å²) >= 11 is 9.23. The Kier molecular flexibility index (Phi) is 6.01. The van der Waals surface area contributed by atoms with Gasteiger partial charge in [-0.2, -0.15) is 11.8 Å². The van der Waals surface area contributed by atoms with E-state index in [0.717, 1.165) is 26.7 Å². The molecule has 0 saturated carbocycles. The number of thioether (sulfide) groups is 1. The number of nitrogens with zero attached hydrogens (tertiary/aromatic N) is 1. The van der Waals surface area contributed by atoms with Crippen LogP contribution in [0.1, 0.15) is 16.1 Å². The third-order valence-corrected chi connectivity index (χ3v) is 6.05. The summed E-state index contributed by atoms with van der Waals surface area (Å²) in [6.45, 7) is 0. The predicted octanol–water partition coefficient (Wildman–Crippen LogP) is 4.13. The van der Waals surface area contributed by atoms with Gasteiger partial charge in [0.2, 0.25) is 0 Å². The van der Waals surface area contributed by atoms with Gasteiger partial charge in [-0.1, -0.05) is 29.8 Å². The molecule has 1 aromatic carbocycles. The van der Waals surface area contributed by atoms with E-state index in [0.29, 0.717) is 16.5 Å². The fraction of sp³-hybridized carbons (Fsp3) is 0.278. The number of hydrogen-bond acceptors (Lipinski definition) is 6. The standard InChI is InChI=1S/C18H17ClN2O3S2/c1-24-18(23)13(7-8-25-2)21-17(22)14-9-11-15(26-14)10-5-3-4-6-12(10)20-16(11)19/h3-6,9,13H,7-8H2,1-2H3,(H,21,22)/t13-/m1/s1. The summed E-state index contributed by atoms with van der Waals surface area (Å²) in [4.78, 5) is 29.5. The SMILES string of the molecule is COC(=O)[C@@H](CCSC)NC(=O)c1cc2c(Cl)nc3ccccc3c2s1. The zero-order chi connectivity index (χ0) is 18.7. The van der Waals surface area contributed by atoms with Crippen LogP contribution in [0, 0.1) is 0 Å². The highest BCUT2D eigenvalue weighted by atomic mass is 35.5. The van der Waals surface area contributed by atoms with E-state index in [9.17, 15) is 9.59 Å². The average molecular weight is 409 g/mol. The highest BCUT2D eigenvalue weighted by molar-refractivity contribution is 7.98. The number of halogens is 1. The maximum atomic E-state index is 12.7. The van der Waals surface area contributed by atoms with Crippen molar-refractivity contribution >= 4 is 67.6 Å². The van der Waals surface area contributed by atoms with E-state index in [1.165, 1.54) is 18.4 Å². The highest BCUT2D eigenvalue weighted by Crippen LogP contribution is 2.35. The molecule has 1 amide bonds. The van der Waals surface area contributed by atoms with Gasteiger partial charge in [0.05, 0.1) is 17.5 Å². The van der Waals surface area contributed by atoms with E-state index < -0.39 is 12.0 Å². The summed E-state index contributed by atoms with van der Waals surface area (Å²) in [6.07, 6.45) is 2.46. The lowest BCUT2D eigenvalue weighted by atomic mass is 10.2. The van der Waals surface area contributed by atoms with Gasteiger partial charge >= 0.3 is 5.97 Å². The lowest BCUT2D eigenvalue weighted by Gasteiger charge is -2.15. The second-order valence-electron chi connectivity index (χ2n) is 5.60. The van der Waals surface area contributed by atoms with Gasteiger partial charge in [0.25, 0.3) is 5.91 Å². The zero-order valence-electron chi connectivity index (χ0n) is 14.2. The first kappa shape index (κ1) is 18.9. The molecule has 3 rings (SSSR count). The van der Waals surface area contributed by atoms with Crippen molar-refractivity contribution in [2.24, 2.45) is 0 Å². The number of esters is 1. The van der Waals surface area contributed by atoms with Crippen molar-refractivity contribution in [2.45, 2.75) is 12.5 Å². The van der Waals surface area contributed by atoms with Gasteiger partial charge in [-0.25, -0.2) is 9.78 Å². The Morgan fingerprint density at radius 2 is 2.12 bits per heavy atom. The van der Waals surface area contributed by atoms with Crippen LogP contribution in [-0.2, 0) is 9.53 Å². The molecule has 2 heterocycles. The molecule has 0 aliphatic rings. The smallest absolute Gasteiger partial charge is 0.328 e. The molecular formula is C18H17ClN2O3S2. The minimum Gasteiger partial charge on any atom is -0.467 e. The first-order valence-electron chi connectivity index (χ1n) is 7.90. The zero-order valence-corrected chi connectivity index (χ0v) is 16.6. The number of carbonyl (C=O) groups excluding carboxylic acids is 2. The molecule has 0 bridgehead atoms. The van der Waals surface area contributed by atoms with Crippen LogP contribution in [0.5, 0.6) is 0 Å². The number of carbonyl (C=O) groups is 2. The Balaban J connectivity index is 1.94. The summed E-state index contributed by atoms with van der Waals surface area (Å²) in [6, 6.07) is 8.71. The minimum atomic E-state index is -0.671. The summed E-state index contributed by atoms with van der Waals surface area (Å²) in [5, 5.41) is 4.81. The molecule has 0 aliphatic heterocycles. The average Bonchev–Trinajstić information content (AvgIpc) is 3.11. The van der Waals surface area contributed by atoms with E-state index in [2.05, 4.69) is 10.3 Å². The number of thiophene rings is 1. The second-order valence-corrected chi connectivity index (χ2v) is 8.00. The monoisotopic (exact) mass is 408 g/mol. The molecular weight excluding hydrogens is 392 g/mol. The number of benzene rings is 1. The van der Waals surface area contributed by atoms with Crippen molar-refractivity contribution in [1.29, 1.82) is 0 Å². The number of rotatable bonds is 6. The van der Waals surface area contributed by atoms with Gasteiger partial charge in [0.1, 0.15) is 11.2 Å². The lowest BCUT2D eigenvalue weighted by molar-refractivity contribution is -0.142. The highest BCUT2D eigenvalue weighted by Gasteiger charge is 2.23. The molecule has 0 aliphatic carbocycles. The Labute approximate surface area is 164 Å². The molecule has 0 fully saturated rings. The molecule has 0 radical (unpaired) electrons. The van der Waals surface area contributed by atoms with Crippen LogP contribution < -0.4 is 5.32 Å². The molecule has 1 N–H and O–H groups in total. The molecule has 2 aromatic heterocycles. The van der Waals surface area contributed by atoms with Crippen LogP contribution in [0.2, 0.25) is 5.15 Å². The molecule has 26 heavy (non-hydrogen) atoms. The second kappa shape index (κ2) is 8.24. The van der Waals surface area contributed by atoms with Gasteiger partial charge in [-0.3, -0.25) is 4.79 Å².